The second kappa shape index (κ2) is 6.80. The molecule has 146 valence electrons. The molecule has 1 saturated heterocycles. The van der Waals surface area contributed by atoms with Crippen LogP contribution in [0.3, 0.4) is 0 Å². The molecule has 1 aliphatic heterocycles. The van der Waals surface area contributed by atoms with E-state index >= 15 is 0 Å². The number of anilines is 1. The molecule has 28 heavy (non-hydrogen) atoms. The Morgan fingerprint density at radius 3 is 2.50 bits per heavy atom. The number of hydrogen-bond acceptors (Lipinski definition) is 7. The predicted molar refractivity (Wildman–Crippen MR) is 118 cm³/mol. The smallest absolute Gasteiger partial charge is 0.208 e. The minimum atomic E-state index is 0.0954. The first-order valence-corrected chi connectivity index (χ1v) is 11.1. The highest BCUT2D eigenvalue weighted by atomic mass is 32.1. The fourth-order valence-electron chi connectivity index (χ4n) is 4.37. The summed E-state index contributed by atoms with van der Waals surface area (Å²) >= 11 is 3.34. The molecule has 0 radical (unpaired) electrons. The first-order valence-electron chi connectivity index (χ1n) is 9.46. The van der Waals surface area contributed by atoms with Crippen molar-refractivity contribution in [1.29, 1.82) is 5.26 Å². The molecule has 3 aromatic rings. The van der Waals surface area contributed by atoms with Gasteiger partial charge in [-0.05, 0) is 70.2 Å². The van der Waals surface area contributed by atoms with E-state index in [0.717, 1.165) is 33.2 Å². The summed E-state index contributed by atoms with van der Waals surface area (Å²) in [6.45, 7) is 9.08. The van der Waals surface area contributed by atoms with Crippen molar-refractivity contribution in [1.82, 2.24) is 15.5 Å². The van der Waals surface area contributed by atoms with Crippen LogP contribution in [-0.2, 0) is 0 Å². The summed E-state index contributed by atoms with van der Waals surface area (Å²) < 4.78 is 1.17. The van der Waals surface area contributed by atoms with Gasteiger partial charge in [0.25, 0.3) is 0 Å². The highest BCUT2D eigenvalue weighted by Gasteiger charge is 2.39. The van der Waals surface area contributed by atoms with Crippen LogP contribution in [0, 0.1) is 11.3 Å². The van der Waals surface area contributed by atoms with Crippen LogP contribution in [0.2, 0.25) is 0 Å². The van der Waals surface area contributed by atoms with Crippen LogP contribution in [0.25, 0.3) is 20.0 Å². The van der Waals surface area contributed by atoms with E-state index in [1.54, 1.807) is 22.7 Å². The molecule has 3 heterocycles. The summed E-state index contributed by atoms with van der Waals surface area (Å²) in [4.78, 5) is 3.40. The zero-order chi connectivity index (χ0) is 20.1. The third-order valence-corrected chi connectivity index (χ3v) is 7.59. The van der Waals surface area contributed by atoms with Gasteiger partial charge in [0.15, 0.2) is 5.01 Å². The van der Waals surface area contributed by atoms with Crippen molar-refractivity contribution in [3.63, 3.8) is 0 Å². The van der Waals surface area contributed by atoms with E-state index in [2.05, 4.69) is 67.3 Å². The Bertz CT molecular complexity index is 1040. The fraction of sp³-hybridized carbons (Fsp3) is 0.476. The van der Waals surface area contributed by atoms with Crippen LogP contribution in [0.5, 0.6) is 0 Å². The third-order valence-electron chi connectivity index (χ3n) is 5.29. The molecule has 0 spiro atoms. The van der Waals surface area contributed by atoms with E-state index in [1.165, 1.54) is 4.70 Å². The number of benzene rings is 1. The molecule has 2 aromatic heterocycles. The monoisotopic (exact) mass is 411 g/mol. The average molecular weight is 412 g/mol. The molecule has 1 fully saturated rings. The van der Waals surface area contributed by atoms with E-state index in [1.807, 2.05) is 18.2 Å². The number of thiophene rings is 1. The number of piperidine rings is 1. The van der Waals surface area contributed by atoms with Crippen LogP contribution in [0.4, 0.5) is 5.13 Å². The highest BCUT2D eigenvalue weighted by Crippen LogP contribution is 2.39. The van der Waals surface area contributed by atoms with Gasteiger partial charge in [0.1, 0.15) is 0 Å². The van der Waals surface area contributed by atoms with Crippen LogP contribution < -0.4 is 10.2 Å². The second-order valence-electron chi connectivity index (χ2n) is 8.93. The molecule has 1 aromatic carbocycles. The topological polar surface area (TPSA) is 64.8 Å². The molecule has 7 heteroatoms. The lowest BCUT2D eigenvalue weighted by Gasteiger charge is -2.48. The number of nitriles is 1. The van der Waals surface area contributed by atoms with Gasteiger partial charge in [0, 0.05) is 28.9 Å². The first-order chi connectivity index (χ1) is 13.2. The molecule has 1 aliphatic rings. The van der Waals surface area contributed by atoms with Gasteiger partial charge in [-0.2, -0.15) is 5.26 Å². The van der Waals surface area contributed by atoms with Gasteiger partial charge >= 0.3 is 0 Å². The Kier molecular flexibility index (Phi) is 4.69. The quantitative estimate of drug-likeness (QED) is 0.654. The Morgan fingerprint density at radius 2 is 1.82 bits per heavy atom. The standard InChI is InChI=1S/C21H25N5S2/c1-20(2)10-15(11-21(3,4)25-20)26(5)19-24-23-18(28-19)17-9-14-8-13(12-22)6-7-16(14)27-17/h6-9,15,25H,10-11H2,1-5H3. The Morgan fingerprint density at radius 1 is 1.11 bits per heavy atom. The zero-order valence-corrected chi connectivity index (χ0v) is 18.5. The molecular weight excluding hydrogens is 386 g/mol. The molecule has 0 atom stereocenters. The van der Waals surface area contributed by atoms with E-state index in [4.69, 9.17) is 5.26 Å². The van der Waals surface area contributed by atoms with Crippen LogP contribution in [0.1, 0.15) is 46.1 Å². The Hall–Kier alpha value is -2.01. The number of nitrogens with zero attached hydrogens (tertiary/aromatic N) is 4. The third kappa shape index (κ3) is 3.77. The molecule has 0 saturated carbocycles. The molecule has 0 aliphatic carbocycles. The SMILES string of the molecule is CN(c1nnc(-c2cc3cc(C#N)ccc3s2)s1)C1CC(C)(C)NC(C)(C)C1. The number of hydrogen-bond donors (Lipinski definition) is 1. The van der Waals surface area contributed by atoms with Crippen molar-refractivity contribution < 1.29 is 0 Å². The van der Waals surface area contributed by atoms with E-state index < -0.39 is 0 Å². The fourth-order valence-corrected chi connectivity index (χ4v) is 6.34. The van der Waals surface area contributed by atoms with Crippen molar-refractivity contribution >= 4 is 37.9 Å². The lowest BCUT2D eigenvalue weighted by atomic mass is 9.79. The minimum absolute atomic E-state index is 0.0954. The van der Waals surface area contributed by atoms with E-state index in [9.17, 15) is 0 Å². The molecule has 0 unspecified atom stereocenters. The highest BCUT2D eigenvalue weighted by molar-refractivity contribution is 7.26. The summed E-state index contributed by atoms with van der Waals surface area (Å²) in [7, 11) is 2.14. The van der Waals surface area contributed by atoms with Gasteiger partial charge < -0.3 is 10.2 Å². The van der Waals surface area contributed by atoms with E-state index in [-0.39, 0.29) is 11.1 Å². The van der Waals surface area contributed by atoms with Gasteiger partial charge in [-0.15, -0.1) is 21.5 Å². The van der Waals surface area contributed by atoms with Gasteiger partial charge in [-0.1, -0.05) is 11.3 Å². The average Bonchev–Trinajstić information content (AvgIpc) is 3.24. The summed E-state index contributed by atoms with van der Waals surface area (Å²) in [6.07, 6.45) is 2.14. The number of nitrogens with one attached hydrogen (secondary N) is 1. The van der Waals surface area contributed by atoms with E-state index in [0.29, 0.717) is 11.6 Å². The number of aromatic nitrogens is 2. The van der Waals surface area contributed by atoms with Gasteiger partial charge in [0.2, 0.25) is 5.13 Å². The van der Waals surface area contributed by atoms with Crippen molar-refractivity contribution in [2.75, 3.05) is 11.9 Å². The molecule has 1 N–H and O–H groups in total. The summed E-state index contributed by atoms with van der Waals surface area (Å²) in [5.41, 5.74) is 0.877. The number of rotatable bonds is 3. The Labute approximate surface area is 174 Å². The lowest BCUT2D eigenvalue weighted by Crippen LogP contribution is -2.61. The minimum Gasteiger partial charge on any atom is -0.347 e. The summed E-state index contributed by atoms with van der Waals surface area (Å²) in [6, 6.07) is 10.5. The maximum Gasteiger partial charge on any atom is 0.208 e. The number of fused-ring (bicyclic) bond motifs is 1. The predicted octanol–water partition coefficient (Wildman–Crippen LogP) is 5.04. The summed E-state index contributed by atoms with van der Waals surface area (Å²) in [5, 5.41) is 24.8. The largest absolute Gasteiger partial charge is 0.347 e. The van der Waals surface area contributed by atoms with Crippen molar-refractivity contribution in [2.24, 2.45) is 0 Å². The zero-order valence-electron chi connectivity index (χ0n) is 16.9. The van der Waals surface area contributed by atoms with Crippen LogP contribution in [-0.4, -0.2) is 34.4 Å². The maximum absolute atomic E-state index is 9.11. The van der Waals surface area contributed by atoms with Gasteiger partial charge in [0.05, 0.1) is 16.5 Å². The van der Waals surface area contributed by atoms with Crippen molar-refractivity contribution in [3.8, 4) is 16.0 Å². The maximum atomic E-state index is 9.11. The molecule has 5 nitrogen and oxygen atoms in total. The Balaban J connectivity index is 1.60. The summed E-state index contributed by atoms with van der Waals surface area (Å²) in [5.74, 6) is 0. The normalized spacial score (nSPS) is 18.9. The second-order valence-corrected chi connectivity index (χ2v) is 11.0. The molecular formula is C21H25N5S2. The lowest BCUT2D eigenvalue weighted by molar-refractivity contribution is 0.161. The van der Waals surface area contributed by atoms with Crippen molar-refractivity contribution in [3.05, 3.63) is 29.8 Å². The molecule has 0 bridgehead atoms. The van der Waals surface area contributed by atoms with Gasteiger partial charge in [-0.25, -0.2) is 0 Å². The first kappa shape index (κ1) is 19.3. The van der Waals surface area contributed by atoms with Gasteiger partial charge in [-0.3, -0.25) is 0 Å². The molecule has 4 rings (SSSR count). The van der Waals surface area contributed by atoms with Crippen molar-refractivity contribution in [2.45, 2.75) is 57.7 Å². The molecule has 0 amide bonds. The van der Waals surface area contributed by atoms with Crippen LogP contribution in [0.15, 0.2) is 24.3 Å². The van der Waals surface area contributed by atoms with Crippen LogP contribution >= 0.6 is 22.7 Å².